The molecule has 1 aromatic rings. The lowest BCUT2D eigenvalue weighted by Crippen LogP contribution is -2.29. The Morgan fingerprint density at radius 1 is 1.59 bits per heavy atom. The van der Waals surface area contributed by atoms with Crippen LogP contribution in [0.25, 0.3) is 0 Å². The molecule has 1 aliphatic rings. The molecule has 5 heteroatoms. The molecule has 0 aliphatic heterocycles. The molecule has 0 spiro atoms. The average molecular weight is 234 g/mol. The Labute approximate surface area is 101 Å². The van der Waals surface area contributed by atoms with Crippen molar-refractivity contribution in [3.05, 3.63) is 11.3 Å². The van der Waals surface area contributed by atoms with Crippen LogP contribution in [0, 0.1) is 18.3 Å². The minimum atomic E-state index is 0.00474. The Bertz CT molecular complexity index is 442. The number of nitrogens with zero attached hydrogens (tertiary/aromatic N) is 4. The lowest BCUT2D eigenvalue weighted by Gasteiger charge is -2.24. The predicted molar refractivity (Wildman–Crippen MR) is 64.5 cm³/mol. The Balaban J connectivity index is 2.31. The number of aryl methyl sites for hydroxylation is 2. The average Bonchev–Trinajstić information content (AvgIpc) is 3.07. The van der Waals surface area contributed by atoms with E-state index in [0.29, 0.717) is 19.0 Å². The lowest BCUT2D eigenvalue weighted by atomic mass is 10.2. The van der Waals surface area contributed by atoms with Crippen molar-refractivity contribution in [2.45, 2.75) is 38.8 Å². The van der Waals surface area contributed by atoms with E-state index < -0.39 is 0 Å². The molecule has 1 aromatic heterocycles. The smallest absolute Gasteiger partial charge is 0.132 e. The lowest BCUT2D eigenvalue weighted by molar-refractivity contribution is 0.281. The zero-order valence-electron chi connectivity index (χ0n) is 10.3. The zero-order chi connectivity index (χ0) is 12.4. The van der Waals surface area contributed by atoms with Crippen molar-refractivity contribution in [2.75, 3.05) is 11.4 Å². The maximum Gasteiger partial charge on any atom is 0.132 e. The zero-order valence-corrected chi connectivity index (χ0v) is 10.3. The number of hydrogen-bond donors (Lipinski definition) is 1. The molecule has 1 heterocycles. The first kappa shape index (κ1) is 11.9. The third kappa shape index (κ3) is 2.27. The monoisotopic (exact) mass is 234 g/mol. The van der Waals surface area contributed by atoms with E-state index in [0.717, 1.165) is 17.1 Å². The highest BCUT2D eigenvalue weighted by atomic mass is 16.3. The fourth-order valence-electron chi connectivity index (χ4n) is 2.25. The molecular formula is C12H18N4O. The summed E-state index contributed by atoms with van der Waals surface area (Å²) in [4.78, 5) is 2.22. The second kappa shape index (κ2) is 4.76. The largest absolute Gasteiger partial charge is 0.391 e. The van der Waals surface area contributed by atoms with Crippen LogP contribution in [-0.4, -0.2) is 27.5 Å². The first-order valence-corrected chi connectivity index (χ1v) is 5.96. The fourth-order valence-corrected chi connectivity index (χ4v) is 2.25. The van der Waals surface area contributed by atoms with Crippen LogP contribution < -0.4 is 4.90 Å². The molecule has 1 fully saturated rings. The number of rotatable bonds is 5. The van der Waals surface area contributed by atoms with Gasteiger partial charge in [0.05, 0.1) is 24.8 Å². The summed E-state index contributed by atoms with van der Waals surface area (Å²) in [5.74, 6) is 0.975. The van der Waals surface area contributed by atoms with Crippen LogP contribution in [0.4, 0.5) is 5.82 Å². The summed E-state index contributed by atoms with van der Waals surface area (Å²) in [7, 11) is 1.89. The molecule has 0 unspecified atom stereocenters. The third-order valence-corrected chi connectivity index (χ3v) is 3.20. The molecule has 0 aromatic carbocycles. The molecule has 1 N–H and O–H groups in total. The summed E-state index contributed by atoms with van der Waals surface area (Å²) in [6.45, 7) is 2.63. The Kier molecular flexibility index (Phi) is 3.34. The second-order valence-corrected chi connectivity index (χ2v) is 4.50. The van der Waals surface area contributed by atoms with Crippen LogP contribution in [0.1, 0.15) is 30.5 Å². The van der Waals surface area contributed by atoms with Gasteiger partial charge < -0.3 is 10.0 Å². The van der Waals surface area contributed by atoms with Gasteiger partial charge in [-0.25, -0.2) is 0 Å². The van der Waals surface area contributed by atoms with Crippen LogP contribution in [0.15, 0.2) is 0 Å². The quantitative estimate of drug-likeness (QED) is 0.828. The fraction of sp³-hybridized carbons (Fsp3) is 0.667. The first-order valence-electron chi connectivity index (χ1n) is 5.96. The molecule has 92 valence electrons. The Hall–Kier alpha value is -1.54. The van der Waals surface area contributed by atoms with E-state index in [2.05, 4.69) is 16.1 Å². The van der Waals surface area contributed by atoms with E-state index in [-0.39, 0.29) is 6.61 Å². The van der Waals surface area contributed by atoms with Gasteiger partial charge in [0.2, 0.25) is 0 Å². The highest BCUT2D eigenvalue weighted by Gasteiger charge is 2.32. The topological polar surface area (TPSA) is 65.1 Å². The number of nitriles is 1. The van der Waals surface area contributed by atoms with E-state index in [4.69, 9.17) is 5.26 Å². The Morgan fingerprint density at radius 2 is 2.29 bits per heavy atom. The van der Waals surface area contributed by atoms with Crippen molar-refractivity contribution in [2.24, 2.45) is 7.05 Å². The number of anilines is 1. The molecule has 2 rings (SSSR count). The van der Waals surface area contributed by atoms with Gasteiger partial charge in [0.25, 0.3) is 0 Å². The maximum atomic E-state index is 9.44. The number of aromatic nitrogens is 2. The molecule has 5 nitrogen and oxygen atoms in total. The van der Waals surface area contributed by atoms with E-state index in [9.17, 15) is 5.11 Å². The van der Waals surface area contributed by atoms with Crippen LogP contribution in [-0.2, 0) is 13.7 Å². The predicted octanol–water partition coefficient (Wildman–Crippen LogP) is 1.10. The standard InChI is InChI=1S/C12H18N4O/c1-9-11(8-17)12(15(2)14-9)16(7-3-6-13)10-4-5-10/h10,17H,3-5,7-8H2,1-2H3. The molecular weight excluding hydrogens is 216 g/mol. The molecule has 1 aliphatic carbocycles. The molecule has 0 atom stereocenters. The highest BCUT2D eigenvalue weighted by Crippen LogP contribution is 2.34. The number of aliphatic hydroxyl groups excluding tert-OH is 1. The minimum Gasteiger partial charge on any atom is -0.391 e. The van der Waals surface area contributed by atoms with E-state index in [1.807, 2.05) is 18.7 Å². The van der Waals surface area contributed by atoms with Crippen molar-refractivity contribution in [3.63, 3.8) is 0 Å². The number of aliphatic hydroxyl groups is 1. The summed E-state index contributed by atoms with van der Waals surface area (Å²) in [6.07, 6.45) is 2.84. The van der Waals surface area contributed by atoms with Crippen molar-refractivity contribution >= 4 is 5.82 Å². The van der Waals surface area contributed by atoms with Crippen molar-refractivity contribution in [1.82, 2.24) is 9.78 Å². The Morgan fingerprint density at radius 3 is 2.82 bits per heavy atom. The normalized spacial score (nSPS) is 14.7. The van der Waals surface area contributed by atoms with Gasteiger partial charge in [-0.05, 0) is 19.8 Å². The summed E-state index contributed by atoms with van der Waals surface area (Å²) < 4.78 is 1.82. The van der Waals surface area contributed by atoms with Gasteiger partial charge >= 0.3 is 0 Å². The molecule has 17 heavy (non-hydrogen) atoms. The summed E-state index contributed by atoms with van der Waals surface area (Å²) >= 11 is 0. The molecule has 0 bridgehead atoms. The summed E-state index contributed by atoms with van der Waals surface area (Å²) in [5.41, 5.74) is 1.75. The SMILES string of the molecule is Cc1nn(C)c(N(CCC#N)C2CC2)c1CO. The second-order valence-electron chi connectivity index (χ2n) is 4.50. The van der Waals surface area contributed by atoms with Crippen LogP contribution in [0.5, 0.6) is 0 Å². The van der Waals surface area contributed by atoms with Gasteiger partial charge in [-0.1, -0.05) is 0 Å². The van der Waals surface area contributed by atoms with E-state index in [1.54, 1.807) is 0 Å². The van der Waals surface area contributed by atoms with E-state index in [1.165, 1.54) is 12.8 Å². The highest BCUT2D eigenvalue weighted by molar-refractivity contribution is 5.51. The van der Waals surface area contributed by atoms with Crippen molar-refractivity contribution in [3.8, 4) is 6.07 Å². The minimum absolute atomic E-state index is 0.00474. The van der Waals surface area contributed by atoms with Gasteiger partial charge in [-0.15, -0.1) is 0 Å². The molecule has 0 radical (unpaired) electrons. The number of hydrogen-bond acceptors (Lipinski definition) is 4. The van der Waals surface area contributed by atoms with Gasteiger partial charge in [-0.3, -0.25) is 4.68 Å². The van der Waals surface area contributed by atoms with Gasteiger partial charge in [-0.2, -0.15) is 10.4 Å². The van der Waals surface area contributed by atoms with Crippen molar-refractivity contribution in [1.29, 1.82) is 5.26 Å². The molecule has 1 saturated carbocycles. The van der Waals surface area contributed by atoms with Crippen molar-refractivity contribution < 1.29 is 5.11 Å². The molecule has 0 amide bonds. The van der Waals surface area contributed by atoms with Crippen LogP contribution in [0.3, 0.4) is 0 Å². The maximum absolute atomic E-state index is 9.44. The first-order chi connectivity index (χ1) is 8.19. The van der Waals surface area contributed by atoms with Crippen LogP contribution >= 0.6 is 0 Å². The van der Waals surface area contributed by atoms with Gasteiger partial charge in [0.15, 0.2) is 0 Å². The summed E-state index contributed by atoms with van der Waals surface area (Å²) in [6, 6.07) is 2.70. The van der Waals surface area contributed by atoms with Crippen LogP contribution in [0.2, 0.25) is 0 Å². The van der Waals surface area contributed by atoms with Gasteiger partial charge in [0, 0.05) is 25.2 Å². The van der Waals surface area contributed by atoms with E-state index >= 15 is 0 Å². The van der Waals surface area contributed by atoms with Gasteiger partial charge in [0.1, 0.15) is 5.82 Å². The molecule has 0 saturated heterocycles. The third-order valence-electron chi connectivity index (χ3n) is 3.20. The summed E-state index contributed by atoms with van der Waals surface area (Å²) in [5, 5.41) is 22.5.